The molecular weight excluding hydrogens is 685 g/mol. The SMILES string of the molecule is Cc1cc(N=P)cc(-c2nc(-c3cc(N=P)cc(N=P)c3)nc(-n3c4ccccc4c4ccc5c6ccccc6n(-c6ccccc6)c5c43)n2)c1. The van der Waals surface area contributed by atoms with Crippen LogP contribution in [0.4, 0.5) is 17.1 Å². The first-order valence-corrected chi connectivity index (χ1v) is 17.6. The number of rotatable bonds is 7. The van der Waals surface area contributed by atoms with Crippen LogP contribution in [-0.4, -0.2) is 24.1 Å². The normalized spacial score (nSPS) is 11.5. The molecule has 0 aliphatic carbocycles. The Bertz CT molecular complexity index is 2870. The lowest BCUT2D eigenvalue weighted by Crippen LogP contribution is -2.07. The molecule has 9 rings (SSSR count). The quantitative estimate of drug-likeness (QED) is 0.154. The Morgan fingerprint density at radius 1 is 0.471 bits per heavy atom. The van der Waals surface area contributed by atoms with Crippen LogP contribution in [-0.2, 0) is 0 Å². The van der Waals surface area contributed by atoms with E-state index >= 15 is 0 Å². The van der Waals surface area contributed by atoms with Gasteiger partial charge in [-0.2, -0.15) is 9.97 Å². The highest BCUT2D eigenvalue weighted by Gasteiger charge is 2.23. The fraction of sp³-hybridized carbons (Fsp3) is 0.0250. The third-order valence-electron chi connectivity index (χ3n) is 9.18. The van der Waals surface area contributed by atoms with Gasteiger partial charge in [0.05, 0.1) is 39.1 Å². The van der Waals surface area contributed by atoms with Gasteiger partial charge in [0, 0.05) is 38.4 Å². The molecule has 0 atom stereocenters. The highest BCUT2D eigenvalue weighted by Crippen LogP contribution is 2.42. The Morgan fingerprint density at radius 3 is 1.55 bits per heavy atom. The molecule has 3 heterocycles. The monoisotopic (exact) mass is 712 g/mol. The fourth-order valence-electron chi connectivity index (χ4n) is 7.09. The molecule has 0 bridgehead atoms. The molecule has 0 amide bonds. The lowest BCUT2D eigenvalue weighted by Gasteiger charge is -2.14. The summed E-state index contributed by atoms with van der Waals surface area (Å²) in [5.41, 5.74) is 9.90. The van der Waals surface area contributed by atoms with Crippen molar-refractivity contribution < 1.29 is 0 Å². The van der Waals surface area contributed by atoms with E-state index in [1.54, 1.807) is 0 Å². The summed E-state index contributed by atoms with van der Waals surface area (Å²) in [6.07, 6.45) is 0. The summed E-state index contributed by atoms with van der Waals surface area (Å²) in [6, 6.07) is 43.6. The van der Waals surface area contributed by atoms with Crippen molar-refractivity contribution >= 4 is 87.8 Å². The molecule has 9 aromatic rings. The molecule has 0 spiro atoms. The van der Waals surface area contributed by atoms with E-state index in [1.165, 1.54) is 5.39 Å². The molecule has 3 aromatic heterocycles. The van der Waals surface area contributed by atoms with Crippen LogP contribution in [0.1, 0.15) is 5.56 Å². The number of hydrogen-bond donors (Lipinski definition) is 0. The largest absolute Gasteiger partial charge is 0.307 e. The second-order valence-corrected chi connectivity index (χ2v) is 13.0. The number of para-hydroxylation sites is 3. The van der Waals surface area contributed by atoms with Gasteiger partial charge in [0.1, 0.15) is 0 Å². The van der Waals surface area contributed by atoms with E-state index in [0.717, 1.165) is 66.3 Å². The van der Waals surface area contributed by atoms with Crippen LogP contribution in [0.5, 0.6) is 0 Å². The van der Waals surface area contributed by atoms with E-state index in [2.05, 4.69) is 141 Å². The Kier molecular flexibility index (Phi) is 7.67. The number of aryl methyl sites for hydroxylation is 1. The van der Waals surface area contributed by atoms with E-state index in [4.69, 9.17) is 15.0 Å². The van der Waals surface area contributed by atoms with Crippen LogP contribution in [0, 0.1) is 6.92 Å². The summed E-state index contributed by atoms with van der Waals surface area (Å²) in [5, 5.41) is 4.49. The molecule has 0 saturated heterocycles. The second kappa shape index (κ2) is 12.5. The first-order chi connectivity index (χ1) is 25.0. The third-order valence-corrected chi connectivity index (χ3v) is 9.95. The summed E-state index contributed by atoms with van der Waals surface area (Å²) >= 11 is 0. The van der Waals surface area contributed by atoms with Crippen molar-refractivity contribution in [3.05, 3.63) is 133 Å². The molecule has 0 N–H and O–H groups in total. The summed E-state index contributed by atoms with van der Waals surface area (Å²) in [5.74, 6) is 1.47. The summed E-state index contributed by atoms with van der Waals surface area (Å²) in [6.45, 7) is 2.03. The Hall–Kier alpha value is -5.77. The van der Waals surface area contributed by atoms with Gasteiger partial charge < -0.3 is 4.57 Å². The smallest absolute Gasteiger partial charge is 0.238 e. The van der Waals surface area contributed by atoms with Gasteiger partial charge in [-0.1, -0.05) is 66.7 Å². The molecule has 0 radical (unpaired) electrons. The van der Waals surface area contributed by atoms with E-state index in [-0.39, 0.29) is 0 Å². The van der Waals surface area contributed by atoms with Gasteiger partial charge in [0.15, 0.2) is 11.6 Å². The van der Waals surface area contributed by atoms with Crippen molar-refractivity contribution in [3.8, 4) is 34.4 Å². The van der Waals surface area contributed by atoms with Crippen molar-refractivity contribution in [2.75, 3.05) is 0 Å². The molecule has 0 aliphatic rings. The average molecular weight is 713 g/mol. The predicted octanol–water partition coefficient (Wildman–Crippen LogP) is 12.6. The molecular formula is C40H27N8P3. The minimum absolute atomic E-state index is 0.476. The lowest BCUT2D eigenvalue weighted by atomic mass is 10.1. The van der Waals surface area contributed by atoms with E-state index < -0.39 is 0 Å². The summed E-state index contributed by atoms with van der Waals surface area (Å²) in [7, 11) is 9.96. The van der Waals surface area contributed by atoms with Crippen LogP contribution < -0.4 is 0 Å². The van der Waals surface area contributed by atoms with E-state index in [0.29, 0.717) is 29.0 Å². The number of fused-ring (bicyclic) bond motifs is 7. The zero-order valence-electron chi connectivity index (χ0n) is 27.2. The molecule has 11 heteroatoms. The maximum atomic E-state index is 5.24. The van der Waals surface area contributed by atoms with Crippen molar-refractivity contribution in [3.63, 3.8) is 0 Å². The van der Waals surface area contributed by atoms with Crippen LogP contribution >= 0.6 is 27.1 Å². The van der Waals surface area contributed by atoms with Crippen molar-refractivity contribution in [2.45, 2.75) is 6.92 Å². The fourth-order valence-corrected chi connectivity index (χ4v) is 7.47. The maximum absolute atomic E-state index is 5.24. The van der Waals surface area contributed by atoms with Crippen molar-refractivity contribution in [2.24, 2.45) is 14.2 Å². The molecule has 0 unspecified atom stereocenters. The highest BCUT2D eigenvalue weighted by molar-refractivity contribution is 7.04. The number of hydrogen-bond acceptors (Lipinski definition) is 6. The number of aromatic nitrogens is 5. The lowest BCUT2D eigenvalue weighted by molar-refractivity contribution is 0.953. The molecule has 0 aliphatic heterocycles. The Balaban J connectivity index is 1.46. The van der Waals surface area contributed by atoms with Crippen LogP contribution in [0.15, 0.2) is 142 Å². The van der Waals surface area contributed by atoms with Gasteiger partial charge in [0.25, 0.3) is 0 Å². The maximum Gasteiger partial charge on any atom is 0.238 e. The average Bonchev–Trinajstić information content (AvgIpc) is 3.70. The molecule has 8 nitrogen and oxygen atoms in total. The zero-order valence-corrected chi connectivity index (χ0v) is 30.2. The topological polar surface area (TPSA) is 85.6 Å². The zero-order chi connectivity index (χ0) is 34.6. The van der Waals surface area contributed by atoms with Crippen molar-refractivity contribution in [1.29, 1.82) is 0 Å². The Labute approximate surface area is 299 Å². The molecule has 242 valence electrons. The predicted molar refractivity (Wildman–Crippen MR) is 215 cm³/mol. The van der Waals surface area contributed by atoms with Crippen LogP contribution in [0.3, 0.4) is 0 Å². The summed E-state index contributed by atoms with van der Waals surface area (Å²) in [4.78, 5) is 15.5. The standard InChI is InChI=1S/C40H27N8P3/c1-23-17-24(19-26(18-23)44-49)38-41-39(25-20-27(45-50)22-28(21-25)46-51)43-40(42-38)48-35-14-8-6-12-31(35)33-16-15-32-30-11-5-7-13-34(30)47(36(32)37(33)48)29-9-3-2-4-10-29/h2-22,49-51H,1H3. The van der Waals surface area contributed by atoms with Gasteiger partial charge in [-0.15, -0.1) is 0 Å². The molecule has 6 aromatic carbocycles. The van der Waals surface area contributed by atoms with Gasteiger partial charge >= 0.3 is 0 Å². The van der Waals surface area contributed by atoms with Gasteiger partial charge in [-0.05, 0) is 100 Å². The second-order valence-electron chi connectivity index (χ2n) is 12.3. The van der Waals surface area contributed by atoms with Crippen molar-refractivity contribution in [1.82, 2.24) is 24.1 Å². The third kappa shape index (κ3) is 5.19. The molecule has 51 heavy (non-hydrogen) atoms. The van der Waals surface area contributed by atoms with E-state index in [9.17, 15) is 0 Å². The number of nitrogens with zero attached hydrogens (tertiary/aromatic N) is 8. The molecule has 0 saturated carbocycles. The minimum Gasteiger partial charge on any atom is -0.307 e. The van der Waals surface area contributed by atoms with Crippen LogP contribution in [0.25, 0.3) is 78.0 Å². The highest BCUT2D eigenvalue weighted by atomic mass is 31.0. The Morgan fingerprint density at radius 2 is 0.961 bits per heavy atom. The van der Waals surface area contributed by atoms with E-state index in [1.807, 2.05) is 43.3 Å². The van der Waals surface area contributed by atoms with Gasteiger partial charge in [-0.25, -0.2) is 19.2 Å². The molecule has 0 fully saturated rings. The first kappa shape index (κ1) is 31.2. The first-order valence-electron chi connectivity index (χ1n) is 16.2. The van der Waals surface area contributed by atoms with Crippen LogP contribution in [0.2, 0.25) is 0 Å². The summed E-state index contributed by atoms with van der Waals surface area (Å²) < 4.78 is 17.3. The van der Waals surface area contributed by atoms with Gasteiger partial charge in [-0.3, -0.25) is 4.57 Å². The van der Waals surface area contributed by atoms with Gasteiger partial charge in [0.2, 0.25) is 5.95 Å². The minimum atomic E-state index is 0.476. The number of benzene rings is 6.